The molecule has 0 aliphatic carbocycles. The molecule has 1 unspecified atom stereocenters. The molecular weight excluding hydrogens is 336 g/mol. The average molecular weight is 353 g/mol. The highest BCUT2D eigenvalue weighted by atomic mass is 32.2. The Labute approximate surface area is 139 Å². The van der Waals surface area contributed by atoms with E-state index in [2.05, 4.69) is 4.98 Å². The van der Waals surface area contributed by atoms with Gasteiger partial charge in [-0.3, -0.25) is 0 Å². The SMILES string of the molecule is Nc1ccc(CC2CCN(S(=O)(=O)c3c(F)cccc3F)C2)cn1. The molecule has 0 amide bonds. The van der Waals surface area contributed by atoms with Crippen LogP contribution in [-0.4, -0.2) is 30.8 Å². The highest BCUT2D eigenvalue weighted by Crippen LogP contribution is 2.29. The third-order valence-electron chi connectivity index (χ3n) is 4.14. The minimum atomic E-state index is -4.18. The van der Waals surface area contributed by atoms with Crippen molar-refractivity contribution in [2.75, 3.05) is 18.8 Å². The summed E-state index contributed by atoms with van der Waals surface area (Å²) in [4.78, 5) is 3.13. The van der Waals surface area contributed by atoms with E-state index in [0.717, 1.165) is 28.1 Å². The fourth-order valence-electron chi connectivity index (χ4n) is 2.93. The summed E-state index contributed by atoms with van der Waals surface area (Å²) in [6, 6.07) is 6.57. The Bertz CT molecular complexity index is 821. The van der Waals surface area contributed by atoms with Crippen molar-refractivity contribution in [1.82, 2.24) is 9.29 Å². The molecule has 8 heteroatoms. The molecule has 2 heterocycles. The Kier molecular flexibility index (Phi) is 4.51. The van der Waals surface area contributed by atoms with E-state index in [9.17, 15) is 17.2 Å². The first-order valence-corrected chi connectivity index (χ1v) is 8.96. The van der Waals surface area contributed by atoms with E-state index in [1.165, 1.54) is 0 Å². The highest BCUT2D eigenvalue weighted by Gasteiger charge is 2.36. The van der Waals surface area contributed by atoms with Gasteiger partial charge in [-0.2, -0.15) is 4.31 Å². The molecule has 3 rings (SSSR count). The van der Waals surface area contributed by atoms with E-state index in [0.29, 0.717) is 18.7 Å². The van der Waals surface area contributed by atoms with Crippen LogP contribution in [0.5, 0.6) is 0 Å². The molecule has 1 atom stereocenters. The van der Waals surface area contributed by atoms with Crippen LogP contribution >= 0.6 is 0 Å². The fourth-order valence-corrected chi connectivity index (χ4v) is 4.57. The molecule has 24 heavy (non-hydrogen) atoms. The van der Waals surface area contributed by atoms with Crippen LogP contribution in [0.2, 0.25) is 0 Å². The number of nitrogens with two attached hydrogens (primary N) is 1. The maximum Gasteiger partial charge on any atom is 0.248 e. The second-order valence-corrected chi connectivity index (χ2v) is 7.74. The van der Waals surface area contributed by atoms with Gasteiger partial charge in [-0.05, 0) is 42.5 Å². The van der Waals surface area contributed by atoms with Crippen LogP contribution in [0, 0.1) is 17.6 Å². The first-order valence-electron chi connectivity index (χ1n) is 7.52. The zero-order valence-electron chi connectivity index (χ0n) is 12.8. The van der Waals surface area contributed by atoms with Gasteiger partial charge in [0.1, 0.15) is 17.5 Å². The van der Waals surface area contributed by atoms with Crippen molar-refractivity contribution in [3.63, 3.8) is 0 Å². The van der Waals surface area contributed by atoms with Gasteiger partial charge in [0.15, 0.2) is 4.90 Å². The van der Waals surface area contributed by atoms with Gasteiger partial charge in [-0.1, -0.05) is 12.1 Å². The van der Waals surface area contributed by atoms with Crippen molar-refractivity contribution in [2.24, 2.45) is 5.92 Å². The molecule has 1 aromatic heterocycles. The van der Waals surface area contributed by atoms with Gasteiger partial charge in [0.25, 0.3) is 0 Å². The largest absolute Gasteiger partial charge is 0.384 e. The second-order valence-electron chi connectivity index (χ2n) is 5.86. The second kappa shape index (κ2) is 6.45. The predicted molar refractivity (Wildman–Crippen MR) is 85.6 cm³/mol. The molecule has 1 aliphatic heterocycles. The minimum Gasteiger partial charge on any atom is -0.384 e. The average Bonchev–Trinajstić information content (AvgIpc) is 2.98. The van der Waals surface area contributed by atoms with E-state index in [1.54, 1.807) is 12.3 Å². The lowest BCUT2D eigenvalue weighted by molar-refractivity contribution is 0.441. The van der Waals surface area contributed by atoms with Crippen molar-refractivity contribution in [1.29, 1.82) is 0 Å². The Morgan fingerprint density at radius 1 is 1.21 bits per heavy atom. The van der Waals surface area contributed by atoms with Crippen molar-refractivity contribution >= 4 is 15.8 Å². The molecule has 0 radical (unpaired) electrons. The van der Waals surface area contributed by atoms with Gasteiger partial charge in [0.05, 0.1) is 0 Å². The lowest BCUT2D eigenvalue weighted by atomic mass is 10.0. The molecule has 1 fully saturated rings. The number of hydrogen-bond donors (Lipinski definition) is 1. The predicted octanol–water partition coefficient (Wildman–Crippen LogP) is 2.20. The van der Waals surface area contributed by atoms with E-state index < -0.39 is 26.6 Å². The third-order valence-corrected chi connectivity index (χ3v) is 6.05. The lowest BCUT2D eigenvalue weighted by Gasteiger charge is -2.17. The summed E-state index contributed by atoms with van der Waals surface area (Å²) in [5.74, 6) is -1.65. The van der Waals surface area contributed by atoms with Gasteiger partial charge in [-0.15, -0.1) is 0 Å². The number of hydrogen-bond acceptors (Lipinski definition) is 4. The summed E-state index contributed by atoms with van der Waals surface area (Å²) < 4.78 is 53.8. The van der Waals surface area contributed by atoms with Crippen molar-refractivity contribution < 1.29 is 17.2 Å². The quantitative estimate of drug-likeness (QED) is 0.914. The van der Waals surface area contributed by atoms with Crippen LogP contribution in [0.25, 0.3) is 0 Å². The van der Waals surface area contributed by atoms with Crippen LogP contribution in [0.4, 0.5) is 14.6 Å². The number of rotatable bonds is 4. The van der Waals surface area contributed by atoms with Gasteiger partial charge < -0.3 is 5.73 Å². The molecule has 0 spiro atoms. The number of halogens is 2. The maximum atomic E-state index is 13.8. The zero-order valence-corrected chi connectivity index (χ0v) is 13.6. The maximum absolute atomic E-state index is 13.8. The highest BCUT2D eigenvalue weighted by molar-refractivity contribution is 7.89. The Morgan fingerprint density at radius 3 is 2.54 bits per heavy atom. The molecule has 2 aromatic rings. The topological polar surface area (TPSA) is 76.3 Å². The summed E-state index contributed by atoms with van der Waals surface area (Å²) in [5.41, 5.74) is 6.49. The van der Waals surface area contributed by atoms with Crippen molar-refractivity contribution in [3.05, 3.63) is 53.7 Å². The molecule has 0 bridgehead atoms. The van der Waals surface area contributed by atoms with Crippen LogP contribution < -0.4 is 5.73 Å². The Balaban J connectivity index is 1.76. The summed E-state index contributed by atoms with van der Waals surface area (Å²) in [6.07, 6.45) is 2.92. The molecule has 1 aromatic carbocycles. The van der Waals surface area contributed by atoms with Crippen LogP contribution in [0.3, 0.4) is 0 Å². The van der Waals surface area contributed by atoms with E-state index in [1.807, 2.05) is 6.07 Å². The number of aromatic nitrogens is 1. The van der Waals surface area contributed by atoms with E-state index >= 15 is 0 Å². The molecule has 0 saturated carbocycles. The van der Waals surface area contributed by atoms with Crippen molar-refractivity contribution in [2.45, 2.75) is 17.7 Å². The van der Waals surface area contributed by atoms with Crippen LogP contribution in [0.1, 0.15) is 12.0 Å². The third kappa shape index (κ3) is 3.25. The molecular formula is C16H17F2N3O2S. The lowest BCUT2D eigenvalue weighted by Crippen LogP contribution is -2.30. The van der Waals surface area contributed by atoms with E-state index in [-0.39, 0.29) is 19.0 Å². The summed E-state index contributed by atoms with van der Waals surface area (Å²) in [7, 11) is -4.18. The smallest absolute Gasteiger partial charge is 0.248 e. The molecule has 128 valence electrons. The van der Waals surface area contributed by atoms with Gasteiger partial charge in [0.2, 0.25) is 10.0 Å². The standard InChI is InChI=1S/C16H17F2N3O2S/c17-13-2-1-3-14(18)16(13)24(22,23)21-7-6-12(10-21)8-11-4-5-15(19)20-9-11/h1-5,9,12H,6-8,10H2,(H2,19,20). The molecule has 5 nitrogen and oxygen atoms in total. The first-order chi connectivity index (χ1) is 11.4. The molecule has 2 N–H and O–H groups in total. The monoisotopic (exact) mass is 353 g/mol. The molecule has 1 saturated heterocycles. The minimum absolute atomic E-state index is 0.0695. The van der Waals surface area contributed by atoms with Crippen molar-refractivity contribution in [3.8, 4) is 0 Å². The number of anilines is 1. The number of benzene rings is 1. The first kappa shape index (κ1) is 16.8. The Hall–Kier alpha value is -2.06. The Morgan fingerprint density at radius 2 is 1.92 bits per heavy atom. The van der Waals surface area contributed by atoms with Crippen LogP contribution in [0.15, 0.2) is 41.4 Å². The fraction of sp³-hybridized carbons (Fsp3) is 0.312. The summed E-state index contributed by atoms with van der Waals surface area (Å²) >= 11 is 0. The number of nitrogens with zero attached hydrogens (tertiary/aromatic N) is 2. The zero-order chi connectivity index (χ0) is 17.3. The number of pyridine rings is 1. The summed E-state index contributed by atoms with van der Waals surface area (Å²) in [5, 5.41) is 0. The number of nitrogen functional groups attached to an aromatic ring is 1. The van der Waals surface area contributed by atoms with Gasteiger partial charge in [-0.25, -0.2) is 22.2 Å². The normalized spacial score (nSPS) is 18.8. The van der Waals surface area contributed by atoms with Crippen LogP contribution in [-0.2, 0) is 16.4 Å². The summed E-state index contributed by atoms with van der Waals surface area (Å²) in [6.45, 7) is 0.462. The molecule has 1 aliphatic rings. The van der Waals surface area contributed by atoms with E-state index in [4.69, 9.17) is 5.73 Å². The van der Waals surface area contributed by atoms with Gasteiger partial charge in [0, 0.05) is 19.3 Å². The number of sulfonamides is 1. The van der Waals surface area contributed by atoms with Gasteiger partial charge >= 0.3 is 0 Å².